The Morgan fingerprint density at radius 3 is 2.81 bits per heavy atom. The number of hydrogen-bond donors (Lipinski definition) is 1. The van der Waals surface area contributed by atoms with E-state index in [1.54, 1.807) is 30.0 Å². The van der Waals surface area contributed by atoms with Crippen molar-refractivity contribution in [3.05, 3.63) is 65.2 Å². The molecular formula is C17H17F2NS. The van der Waals surface area contributed by atoms with Crippen LogP contribution in [0, 0.1) is 11.6 Å². The largest absolute Gasteiger partial charge is 0.303 e. The van der Waals surface area contributed by atoms with Crippen LogP contribution in [0.4, 0.5) is 8.78 Å². The van der Waals surface area contributed by atoms with Crippen LogP contribution in [-0.2, 0) is 0 Å². The highest BCUT2D eigenvalue weighted by Crippen LogP contribution is 2.38. The number of benzene rings is 2. The first kappa shape index (κ1) is 14.5. The molecule has 0 bridgehead atoms. The van der Waals surface area contributed by atoms with Crippen molar-refractivity contribution in [2.75, 3.05) is 5.75 Å². The molecule has 2 unspecified atom stereocenters. The van der Waals surface area contributed by atoms with Gasteiger partial charge in [-0.15, -0.1) is 11.8 Å². The lowest BCUT2D eigenvalue weighted by molar-refractivity contribution is 0.442. The molecule has 4 heteroatoms. The highest BCUT2D eigenvalue weighted by molar-refractivity contribution is 7.99. The second kappa shape index (κ2) is 6.16. The van der Waals surface area contributed by atoms with Crippen molar-refractivity contribution in [3.8, 4) is 0 Å². The van der Waals surface area contributed by atoms with Crippen molar-refractivity contribution in [1.29, 1.82) is 0 Å². The molecule has 0 saturated carbocycles. The zero-order valence-electron chi connectivity index (χ0n) is 11.8. The van der Waals surface area contributed by atoms with Crippen LogP contribution in [0.5, 0.6) is 0 Å². The molecule has 2 atom stereocenters. The molecule has 1 nitrogen and oxygen atoms in total. The van der Waals surface area contributed by atoms with Gasteiger partial charge in [-0.25, -0.2) is 8.78 Å². The fourth-order valence-corrected chi connectivity index (χ4v) is 3.87. The summed E-state index contributed by atoms with van der Waals surface area (Å²) in [4.78, 5) is 0.743. The van der Waals surface area contributed by atoms with Crippen LogP contribution in [0.2, 0.25) is 0 Å². The molecule has 1 heterocycles. The molecule has 0 radical (unpaired) electrons. The van der Waals surface area contributed by atoms with Crippen LogP contribution < -0.4 is 5.32 Å². The Morgan fingerprint density at radius 1 is 1.19 bits per heavy atom. The maximum atomic E-state index is 13.9. The topological polar surface area (TPSA) is 12.0 Å². The van der Waals surface area contributed by atoms with Gasteiger partial charge in [0.15, 0.2) is 0 Å². The van der Waals surface area contributed by atoms with Gasteiger partial charge in [-0.2, -0.15) is 0 Å². The van der Waals surface area contributed by atoms with E-state index < -0.39 is 0 Å². The van der Waals surface area contributed by atoms with Gasteiger partial charge in [0.1, 0.15) is 11.6 Å². The lowest BCUT2D eigenvalue weighted by Crippen LogP contribution is -2.27. The van der Waals surface area contributed by atoms with E-state index >= 15 is 0 Å². The first-order chi connectivity index (χ1) is 10.1. The van der Waals surface area contributed by atoms with Gasteiger partial charge in [0.25, 0.3) is 0 Å². The van der Waals surface area contributed by atoms with E-state index in [-0.39, 0.29) is 23.7 Å². The summed E-state index contributed by atoms with van der Waals surface area (Å²) in [5.41, 5.74) is 1.92. The van der Waals surface area contributed by atoms with E-state index in [1.807, 2.05) is 19.1 Å². The highest BCUT2D eigenvalue weighted by atomic mass is 32.2. The number of fused-ring (bicyclic) bond motifs is 1. The van der Waals surface area contributed by atoms with E-state index in [0.717, 1.165) is 28.2 Å². The summed E-state index contributed by atoms with van der Waals surface area (Å²) in [6.45, 7) is 2.01. The number of thioether (sulfide) groups is 1. The predicted molar refractivity (Wildman–Crippen MR) is 82.4 cm³/mol. The molecule has 0 spiro atoms. The average molecular weight is 305 g/mol. The monoisotopic (exact) mass is 305 g/mol. The van der Waals surface area contributed by atoms with Gasteiger partial charge in [-0.3, -0.25) is 0 Å². The maximum Gasteiger partial charge on any atom is 0.137 e. The Morgan fingerprint density at radius 2 is 2.00 bits per heavy atom. The Labute approximate surface area is 127 Å². The Kier molecular flexibility index (Phi) is 4.27. The lowest BCUT2D eigenvalue weighted by Gasteiger charge is -2.29. The summed E-state index contributed by atoms with van der Waals surface area (Å²) < 4.78 is 27.2. The molecule has 1 aliphatic heterocycles. The van der Waals surface area contributed by atoms with E-state index in [0.29, 0.717) is 0 Å². The summed E-state index contributed by atoms with van der Waals surface area (Å²) in [6.07, 6.45) is 0.945. The fraction of sp³-hybridized carbons (Fsp3) is 0.294. The minimum absolute atomic E-state index is 0.0184. The molecule has 21 heavy (non-hydrogen) atoms. The zero-order valence-corrected chi connectivity index (χ0v) is 12.6. The molecule has 2 aromatic rings. The van der Waals surface area contributed by atoms with Crippen LogP contribution in [-0.4, -0.2) is 5.75 Å². The van der Waals surface area contributed by atoms with Gasteiger partial charge in [0, 0.05) is 17.0 Å². The summed E-state index contributed by atoms with van der Waals surface area (Å²) in [5.74, 6) is 0.510. The fourth-order valence-electron chi connectivity index (χ4n) is 2.73. The molecule has 0 amide bonds. The number of hydrogen-bond acceptors (Lipinski definition) is 2. The Balaban J connectivity index is 1.82. The minimum Gasteiger partial charge on any atom is -0.303 e. The average Bonchev–Trinajstić information content (AvgIpc) is 2.48. The Bertz CT molecular complexity index is 644. The third-order valence-electron chi connectivity index (χ3n) is 3.83. The summed E-state index contributed by atoms with van der Waals surface area (Å²) >= 11 is 1.57. The second-order valence-corrected chi connectivity index (χ2v) is 6.40. The summed E-state index contributed by atoms with van der Waals surface area (Å²) in [7, 11) is 0. The molecule has 110 valence electrons. The molecule has 3 rings (SSSR count). The van der Waals surface area contributed by atoms with E-state index in [1.165, 1.54) is 12.1 Å². The molecular weight excluding hydrogens is 288 g/mol. The van der Waals surface area contributed by atoms with Crippen LogP contribution >= 0.6 is 11.8 Å². The van der Waals surface area contributed by atoms with Gasteiger partial charge in [-0.1, -0.05) is 24.3 Å². The van der Waals surface area contributed by atoms with Crippen molar-refractivity contribution >= 4 is 11.8 Å². The Hall–Kier alpha value is -1.39. The molecule has 0 aromatic heterocycles. The van der Waals surface area contributed by atoms with Crippen LogP contribution in [0.1, 0.15) is 36.6 Å². The van der Waals surface area contributed by atoms with Crippen molar-refractivity contribution in [2.45, 2.75) is 30.3 Å². The van der Waals surface area contributed by atoms with Crippen molar-refractivity contribution < 1.29 is 8.78 Å². The van der Waals surface area contributed by atoms with E-state index in [2.05, 4.69) is 5.32 Å². The zero-order chi connectivity index (χ0) is 14.8. The number of halogens is 2. The smallest absolute Gasteiger partial charge is 0.137 e. The quantitative estimate of drug-likeness (QED) is 0.869. The van der Waals surface area contributed by atoms with Gasteiger partial charge >= 0.3 is 0 Å². The molecule has 1 N–H and O–H groups in total. The third kappa shape index (κ3) is 3.11. The van der Waals surface area contributed by atoms with Crippen molar-refractivity contribution in [3.63, 3.8) is 0 Å². The SMILES string of the molecule is CC(NC1CCSc2c(F)cccc21)c1cccc(F)c1. The first-order valence-electron chi connectivity index (χ1n) is 7.08. The summed E-state index contributed by atoms with van der Waals surface area (Å²) in [5, 5.41) is 3.50. The number of nitrogens with one attached hydrogen (secondary N) is 1. The molecule has 0 saturated heterocycles. The van der Waals surface area contributed by atoms with E-state index in [4.69, 9.17) is 0 Å². The van der Waals surface area contributed by atoms with E-state index in [9.17, 15) is 8.78 Å². The van der Waals surface area contributed by atoms with Gasteiger partial charge in [-0.05, 0) is 48.4 Å². The lowest BCUT2D eigenvalue weighted by atomic mass is 10.0. The van der Waals surface area contributed by atoms with Crippen LogP contribution in [0.25, 0.3) is 0 Å². The second-order valence-electron chi connectivity index (χ2n) is 5.29. The molecule has 2 aromatic carbocycles. The third-order valence-corrected chi connectivity index (χ3v) is 4.98. The maximum absolute atomic E-state index is 13.9. The summed E-state index contributed by atoms with van der Waals surface area (Å²) in [6, 6.07) is 12.0. The minimum atomic E-state index is -0.230. The predicted octanol–water partition coefficient (Wildman–Crippen LogP) is 4.85. The number of rotatable bonds is 3. The van der Waals surface area contributed by atoms with Crippen LogP contribution in [0.15, 0.2) is 47.4 Å². The normalized spacial score (nSPS) is 19.1. The highest BCUT2D eigenvalue weighted by Gasteiger charge is 2.24. The first-order valence-corrected chi connectivity index (χ1v) is 8.06. The molecule has 0 fully saturated rings. The van der Waals surface area contributed by atoms with Gasteiger partial charge in [0.2, 0.25) is 0 Å². The van der Waals surface area contributed by atoms with Gasteiger partial charge in [0.05, 0.1) is 0 Å². The standard InChI is InChI=1S/C17H17F2NS/c1-11(12-4-2-5-13(18)10-12)20-16-8-9-21-17-14(16)6-3-7-15(17)19/h2-7,10-11,16,20H,8-9H2,1H3. The van der Waals surface area contributed by atoms with Crippen LogP contribution in [0.3, 0.4) is 0 Å². The van der Waals surface area contributed by atoms with Gasteiger partial charge < -0.3 is 5.32 Å². The molecule has 0 aliphatic carbocycles. The van der Waals surface area contributed by atoms with Crippen molar-refractivity contribution in [1.82, 2.24) is 5.32 Å². The van der Waals surface area contributed by atoms with Crippen molar-refractivity contribution in [2.24, 2.45) is 0 Å². The molecule has 1 aliphatic rings.